The Labute approximate surface area is 143 Å². The zero-order valence-electron chi connectivity index (χ0n) is 13.5. The topological polar surface area (TPSA) is 44.1 Å². The van der Waals surface area contributed by atoms with E-state index in [2.05, 4.69) is 5.10 Å². The first-order valence-corrected chi connectivity index (χ1v) is 8.68. The Hall–Kier alpha value is -2.15. The number of ether oxygens (including phenoxy) is 1. The number of hydrogen-bond donors (Lipinski definition) is 0. The molecule has 128 valence electrons. The highest BCUT2D eigenvalue weighted by atomic mass is 32.2. The molecule has 0 unspecified atom stereocenters. The van der Waals surface area contributed by atoms with E-state index in [1.165, 1.54) is 0 Å². The van der Waals surface area contributed by atoms with E-state index in [9.17, 15) is 13.6 Å². The lowest BCUT2D eigenvalue weighted by atomic mass is 10.1. The lowest BCUT2D eigenvalue weighted by Gasteiger charge is -2.06. The van der Waals surface area contributed by atoms with E-state index in [1.54, 1.807) is 29.4 Å². The molecule has 0 N–H and O–H groups in total. The maximum Gasteiger partial charge on any atom is 0.358 e. The van der Waals surface area contributed by atoms with Gasteiger partial charge in [0, 0.05) is 11.4 Å². The third-order valence-electron chi connectivity index (χ3n) is 3.29. The van der Waals surface area contributed by atoms with E-state index in [4.69, 9.17) is 4.74 Å². The van der Waals surface area contributed by atoms with Gasteiger partial charge in [-0.2, -0.15) is 13.9 Å². The number of benzene rings is 1. The molecule has 2 aromatic rings. The van der Waals surface area contributed by atoms with Gasteiger partial charge in [-0.3, -0.25) is 4.68 Å². The Morgan fingerprint density at radius 3 is 2.62 bits per heavy atom. The van der Waals surface area contributed by atoms with Gasteiger partial charge in [-0.15, -0.1) is 11.8 Å². The fraction of sp³-hybridized carbons (Fsp3) is 0.294. The summed E-state index contributed by atoms with van der Waals surface area (Å²) in [5.74, 6) is -0.523. The molecule has 0 bridgehead atoms. The molecular weight excluding hydrogens is 334 g/mol. The largest absolute Gasteiger partial charge is 0.461 e. The van der Waals surface area contributed by atoms with Gasteiger partial charge in [0.25, 0.3) is 6.08 Å². The number of thioether (sulfide) groups is 1. The van der Waals surface area contributed by atoms with Crippen LogP contribution in [0.15, 0.2) is 47.4 Å². The number of esters is 1. The molecule has 0 fully saturated rings. The fourth-order valence-corrected chi connectivity index (χ4v) is 2.59. The van der Waals surface area contributed by atoms with Crippen LogP contribution in [0.25, 0.3) is 11.3 Å². The van der Waals surface area contributed by atoms with E-state index in [0.29, 0.717) is 5.69 Å². The highest BCUT2D eigenvalue weighted by molar-refractivity contribution is 7.98. The molecule has 0 spiro atoms. The summed E-state index contributed by atoms with van der Waals surface area (Å²) in [6.45, 7) is 2.21. The maximum atomic E-state index is 12.2. The molecule has 1 aromatic carbocycles. The van der Waals surface area contributed by atoms with Crippen LogP contribution in [0.3, 0.4) is 0 Å². The molecule has 1 heterocycles. The minimum absolute atomic E-state index is 0.127. The number of nitrogens with zero attached hydrogens (tertiary/aromatic N) is 2. The average molecular weight is 352 g/mol. The van der Waals surface area contributed by atoms with Gasteiger partial charge in [-0.25, -0.2) is 4.79 Å². The molecule has 0 aliphatic carbocycles. The average Bonchev–Trinajstić information content (AvgIpc) is 2.99. The van der Waals surface area contributed by atoms with Crippen LogP contribution in [-0.2, 0) is 11.3 Å². The van der Waals surface area contributed by atoms with Crippen molar-refractivity contribution in [1.82, 2.24) is 9.78 Å². The van der Waals surface area contributed by atoms with Gasteiger partial charge in [0.05, 0.1) is 12.3 Å². The number of halogens is 2. The number of allylic oxidation sites excluding steroid dienone is 1. The van der Waals surface area contributed by atoms with E-state index in [-0.39, 0.29) is 25.3 Å². The first kappa shape index (κ1) is 18.2. The second-order valence-corrected chi connectivity index (χ2v) is 5.75. The van der Waals surface area contributed by atoms with E-state index >= 15 is 0 Å². The molecule has 24 heavy (non-hydrogen) atoms. The van der Waals surface area contributed by atoms with Crippen LogP contribution in [-0.4, -0.2) is 28.6 Å². The van der Waals surface area contributed by atoms with Crippen molar-refractivity contribution in [2.75, 3.05) is 12.9 Å². The van der Waals surface area contributed by atoms with E-state index in [0.717, 1.165) is 16.5 Å². The summed E-state index contributed by atoms with van der Waals surface area (Å²) < 4.78 is 31.0. The van der Waals surface area contributed by atoms with Gasteiger partial charge >= 0.3 is 5.97 Å². The van der Waals surface area contributed by atoms with E-state index < -0.39 is 12.0 Å². The van der Waals surface area contributed by atoms with Crippen molar-refractivity contribution >= 4 is 17.7 Å². The van der Waals surface area contributed by atoms with Gasteiger partial charge in [0.15, 0.2) is 5.69 Å². The Morgan fingerprint density at radius 2 is 2.04 bits per heavy atom. The molecule has 7 heteroatoms. The number of hydrogen-bond acceptors (Lipinski definition) is 4. The zero-order chi connectivity index (χ0) is 17.5. The standard InChI is InChI=1S/C17H18F2N2O2S/c1-3-23-17(22)14-11-15(12-6-8-13(24-2)9-7-12)21(20-14)10-4-5-16(18)19/h5-9,11H,3-4,10H2,1-2H3. The van der Waals surface area contributed by atoms with Crippen molar-refractivity contribution in [2.45, 2.75) is 24.8 Å². The quantitative estimate of drug-likeness (QED) is 0.539. The lowest BCUT2D eigenvalue weighted by Crippen LogP contribution is -2.07. The van der Waals surface area contributed by atoms with Gasteiger partial charge in [-0.05, 0) is 49.4 Å². The molecule has 2 rings (SSSR count). The predicted octanol–water partition coefficient (Wildman–Crippen LogP) is 4.62. The maximum absolute atomic E-state index is 12.2. The second-order valence-electron chi connectivity index (χ2n) is 4.87. The molecule has 1 aromatic heterocycles. The van der Waals surface area contributed by atoms with Crippen LogP contribution in [0, 0.1) is 0 Å². The van der Waals surface area contributed by atoms with Crippen LogP contribution in [0.2, 0.25) is 0 Å². The third kappa shape index (κ3) is 4.67. The summed E-state index contributed by atoms with van der Waals surface area (Å²) in [6, 6.07) is 9.38. The molecule has 0 saturated heterocycles. The highest BCUT2D eigenvalue weighted by Gasteiger charge is 2.16. The van der Waals surface area contributed by atoms with Crippen molar-refractivity contribution in [3.8, 4) is 11.3 Å². The first-order chi connectivity index (χ1) is 11.5. The fourth-order valence-electron chi connectivity index (χ4n) is 2.18. The number of carbonyl (C=O) groups is 1. The number of aryl methyl sites for hydroxylation is 1. The minimum Gasteiger partial charge on any atom is -0.461 e. The summed E-state index contributed by atoms with van der Waals surface area (Å²) in [5, 5.41) is 4.21. The summed E-state index contributed by atoms with van der Waals surface area (Å²) in [7, 11) is 0. The molecular formula is C17H18F2N2O2S. The van der Waals surface area contributed by atoms with Crippen molar-refractivity contribution in [2.24, 2.45) is 0 Å². The molecule has 0 radical (unpaired) electrons. The minimum atomic E-state index is -1.72. The van der Waals surface area contributed by atoms with E-state index in [1.807, 2.05) is 30.5 Å². The second kappa shape index (κ2) is 8.63. The Balaban J connectivity index is 2.34. The first-order valence-electron chi connectivity index (χ1n) is 7.45. The van der Waals surface area contributed by atoms with Gasteiger partial charge in [0.1, 0.15) is 0 Å². The van der Waals surface area contributed by atoms with Gasteiger partial charge in [0.2, 0.25) is 0 Å². The Bertz CT molecular complexity index is 723. The summed E-state index contributed by atoms with van der Waals surface area (Å²) in [6.07, 6.45) is 1.23. The lowest BCUT2D eigenvalue weighted by molar-refractivity contribution is 0.0518. The summed E-state index contributed by atoms with van der Waals surface area (Å²) in [5.41, 5.74) is 1.73. The van der Waals surface area contributed by atoms with Crippen molar-refractivity contribution in [3.63, 3.8) is 0 Å². The van der Waals surface area contributed by atoms with Gasteiger partial charge in [-0.1, -0.05) is 12.1 Å². The number of carbonyl (C=O) groups excluding carboxylic acids is 1. The smallest absolute Gasteiger partial charge is 0.358 e. The van der Waals surface area contributed by atoms with Crippen molar-refractivity contribution in [3.05, 3.63) is 48.2 Å². The van der Waals surface area contributed by atoms with Crippen LogP contribution in [0.5, 0.6) is 0 Å². The van der Waals surface area contributed by atoms with Gasteiger partial charge < -0.3 is 4.74 Å². The molecule has 0 saturated carbocycles. The molecule has 0 aliphatic rings. The zero-order valence-corrected chi connectivity index (χ0v) is 14.3. The van der Waals surface area contributed by atoms with Crippen LogP contribution < -0.4 is 0 Å². The van der Waals surface area contributed by atoms with Crippen LogP contribution in [0.1, 0.15) is 23.8 Å². The predicted molar refractivity (Wildman–Crippen MR) is 90.3 cm³/mol. The SMILES string of the molecule is CCOC(=O)c1cc(-c2ccc(SC)cc2)n(CCC=C(F)F)n1. The molecule has 0 atom stereocenters. The Kier molecular flexibility index (Phi) is 6.54. The Morgan fingerprint density at radius 1 is 1.33 bits per heavy atom. The molecule has 0 amide bonds. The molecule has 4 nitrogen and oxygen atoms in total. The monoisotopic (exact) mass is 352 g/mol. The third-order valence-corrected chi connectivity index (χ3v) is 4.03. The highest BCUT2D eigenvalue weighted by Crippen LogP contribution is 2.24. The molecule has 0 aliphatic heterocycles. The summed E-state index contributed by atoms with van der Waals surface area (Å²) in [4.78, 5) is 13.0. The normalized spacial score (nSPS) is 10.5. The van der Waals surface area contributed by atoms with Crippen LogP contribution >= 0.6 is 11.8 Å². The van der Waals surface area contributed by atoms with Crippen molar-refractivity contribution in [1.29, 1.82) is 0 Å². The van der Waals surface area contributed by atoms with Crippen molar-refractivity contribution < 1.29 is 18.3 Å². The number of aromatic nitrogens is 2. The summed E-state index contributed by atoms with van der Waals surface area (Å²) >= 11 is 1.62. The number of rotatable bonds is 7. The van der Waals surface area contributed by atoms with Crippen LogP contribution in [0.4, 0.5) is 8.78 Å².